The first-order chi connectivity index (χ1) is 10.1. The number of hydrogen-bond acceptors (Lipinski definition) is 5. The minimum absolute atomic E-state index is 0.122. The molecular formula is C15H16N4OS. The molecule has 0 radical (unpaired) electrons. The molecule has 108 valence electrons. The highest BCUT2D eigenvalue weighted by Gasteiger charge is 2.32. The van der Waals surface area contributed by atoms with Crippen LogP contribution < -0.4 is 11.1 Å². The summed E-state index contributed by atoms with van der Waals surface area (Å²) in [6.45, 7) is 0. The van der Waals surface area contributed by atoms with E-state index in [0.717, 1.165) is 21.2 Å². The van der Waals surface area contributed by atoms with E-state index in [4.69, 9.17) is 5.73 Å². The number of rotatable bonds is 2. The number of fused-ring (bicyclic) bond motifs is 1. The minimum Gasteiger partial charge on any atom is -0.354 e. The molecular weight excluding hydrogens is 284 g/mol. The molecule has 1 aliphatic rings. The van der Waals surface area contributed by atoms with Gasteiger partial charge < -0.3 is 16.0 Å². The zero-order valence-electron chi connectivity index (χ0n) is 11.8. The Morgan fingerprint density at radius 1 is 1.38 bits per heavy atom. The van der Waals surface area contributed by atoms with Crippen LogP contribution in [0.1, 0.15) is 5.56 Å². The van der Waals surface area contributed by atoms with E-state index in [-0.39, 0.29) is 11.4 Å². The van der Waals surface area contributed by atoms with Crippen LogP contribution in [0, 0.1) is 0 Å². The Morgan fingerprint density at radius 3 is 2.95 bits per heavy atom. The standard InChI is InChI=1S/C15H16N4OS/c1-17-14(20)12-13(21-15(16)19(12)2)10-3-4-11-8-18-6-5-9(11)7-10/h3-8,15H,16H2,1-2H3,(H,17,20). The third-order valence-corrected chi connectivity index (χ3v) is 4.76. The Kier molecular flexibility index (Phi) is 3.57. The van der Waals surface area contributed by atoms with Crippen LogP contribution in [0.25, 0.3) is 15.7 Å². The Hall–Kier alpha value is -2.05. The first-order valence-electron chi connectivity index (χ1n) is 6.57. The van der Waals surface area contributed by atoms with E-state index in [9.17, 15) is 4.79 Å². The minimum atomic E-state index is -0.250. The van der Waals surface area contributed by atoms with Crippen molar-refractivity contribution in [1.82, 2.24) is 15.2 Å². The molecule has 0 spiro atoms. The molecule has 6 heteroatoms. The van der Waals surface area contributed by atoms with Crippen LogP contribution >= 0.6 is 11.8 Å². The van der Waals surface area contributed by atoms with Gasteiger partial charge in [-0.1, -0.05) is 23.9 Å². The lowest BCUT2D eigenvalue weighted by Crippen LogP contribution is -2.36. The first kappa shape index (κ1) is 13.9. The van der Waals surface area contributed by atoms with Gasteiger partial charge in [0.1, 0.15) is 11.2 Å². The van der Waals surface area contributed by atoms with Gasteiger partial charge >= 0.3 is 0 Å². The maximum absolute atomic E-state index is 12.1. The summed E-state index contributed by atoms with van der Waals surface area (Å²) in [5, 5.41) is 4.84. The average molecular weight is 300 g/mol. The van der Waals surface area contributed by atoms with Crippen LogP contribution in [-0.2, 0) is 4.79 Å². The highest BCUT2D eigenvalue weighted by atomic mass is 32.2. The number of aromatic nitrogens is 1. The first-order valence-corrected chi connectivity index (χ1v) is 7.45. The molecule has 1 atom stereocenters. The van der Waals surface area contributed by atoms with Crippen molar-refractivity contribution in [1.29, 1.82) is 0 Å². The molecule has 1 unspecified atom stereocenters. The number of hydrogen-bond donors (Lipinski definition) is 2. The van der Waals surface area contributed by atoms with Gasteiger partial charge in [-0.15, -0.1) is 0 Å². The fraction of sp³-hybridized carbons (Fsp3) is 0.200. The van der Waals surface area contributed by atoms with Gasteiger partial charge in [0.15, 0.2) is 0 Å². The van der Waals surface area contributed by atoms with Crippen molar-refractivity contribution in [3.05, 3.63) is 47.9 Å². The van der Waals surface area contributed by atoms with E-state index in [1.165, 1.54) is 11.8 Å². The van der Waals surface area contributed by atoms with E-state index in [0.29, 0.717) is 5.70 Å². The Balaban J connectivity index is 2.14. The molecule has 1 amide bonds. The van der Waals surface area contributed by atoms with E-state index in [1.54, 1.807) is 18.1 Å². The average Bonchev–Trinajstić information content (AvgIpc) is 2.82. The molecule has 0 bridgehead atoms. The molecule has 2 aromatic rings. The summed E-state index contributed by atoms with van der Waals surface area (Å²) >= 11 is 1.49. The molecule has 0 saturated heterocycles. The second-order valence-corrected chi connectivity index (χ2v) is 5.94. The second kappa shape index (κ2) is 5.38. The van der Waals surface area contributed by atoms with Crippen LogP contribution in [0.3, 0.4) is 0 Å². The van der Waals surface area contributed by atoms with Crippen molar-refractivity contribution in [3.63, 3.8) is 0 Å². The van der Waals surface area contributed by atoms with Crippen LogP contribution in [0.4, 0.5) is 0 Å². The third kappa shape index (κ3) is 2.36. The molecule has 0 aliphatic carbocycles. The fourth-order valence-corrected chi connectivity index (χ4v) is 3.47. The summed E-state index contributed by atoms with van der Waals surface area (Å²) in [6, 6.07) is 8.04. The SMILES string of the molecule is CNC(=O)C1=C(c2ccc3cnccc3c2)SC(N)N1C. The number of nitrogens with zero attached hydrogens (tertiary/aromatic N) is 2. The van der Waals surface area contributed by atoms with Gasteiger partial charge in [0.2, 0.25) is 0 Å². The molecule has 3 rings (SSSR count). The second-order valence-electron chi connectivity index (χ2n) is 4.81. The third-order valence-electron chi connectivity index (χ3n) is 3.53. The molecule has 3 N–H and O–H groups in total. The quantitative estimate of drug-likeness (QED) is 0.881. The molecule has 1 aromatic carbocycles. The van der Waals surface area contributed by atoms with E-state index in [2.05, 4.69) is 16.4 Å². The zero-order valence-corrected chi connectivity index (χ0v) is 12.6. The molecule has 1 aromatic heterocycles. The topological polar surface area (TPSA) is 71.2 Å². The smallest absolute Gasteiger partial charge is 0.268 e. The summed E-state index contributed by atoms with van der Waals surface area (Å²) in [5.41, 5.74) is 7.42. The van der Waals surface area contributed by atoms with Gasteiger partial charge in [-0.3, -0.25) is 9.78 Å². The highest BCUT2D eigenvalue weighted by molar-refractivity contribution is 8.09. The normalized spacial score (nSPS) is 18.4. The van der Waals surface area contributed by atoms with Crippen molar-refractivity contribution in [2.75, 3.05) is 14.1 Å². The number of carbonyl (C=O) groups is 1. The lowest BCUT2D eigenvalue weighted by molar-refractivity contribution is -0.118. The number of amides is 1. The van der Waals surface area contributed by atoms with Crippen molar-refractivity contribution in [2.24, 2.45) is 5.73 Å². The molecule has 0 saturated carbocycles. The summed E-state index contributed by atoms with van der Waals surface area (Å²) in [5.74, 6) is -0.122. The lowest BCUT2D eigenvalue weighted by Gasteiger charge is -2.19. The zero-order chi connectivity index (χ0) is 15.0. The Labute approximate surface area is 127 Å². The van der Waals surface area contributed by atoms with Crippen LogP contribution in [0.5, 0.6) is 0 Å². The molecule has 21 heavy (non-hydrogen) atoms. The number of carbonyl (C=O) groups excluding carboxylic acids is 1. The predicted molar refractivity (Wildman–Crippen MR) is 86.1 cm³/mol. The maximum atomic E-state index is 12.1. The van der Waals surface area contributed by atoms with Gasteiger partial charge in [0.25, 0.3) is 5.91 Å². The van der Waals surface area contributed by atoms with E-state index < -0.39 is 0 Å². The van der Waals surface area contributed by atoms with Gasteiger partial charge in [0, 0.05) is 36.8 Å². The number of nitrogens with one attached hydrogen (secondary N) is 1. The molecule has 2 heterocycles. The summed E-state index contributed by atoms with van der Waals surface area (Å²) < 4.78 is 0. The molecule has 0 fully saturated rings. The van der Waals surface area contributed by atoms with Gasteiger partial charge in [-0.05, 0) is 23.1 Å². The highest BCUT2D eigenvalue weighted by Crippen LogP contribution is 2.41. The molecule has 1 aliphatic heterocycles. The lowest BCUT2D eigenvalue weighted by atomic mass is 10.1. The summed E-state index contributed by atoms with van der Waals surface area (Å²) in [4.78, 5) is 18.9. The fourth-order valence-electron chi connectivity index (χ4n) is 2.35. The monoisotopic (exact) mass is 300 g/mol. The van der Waals surface area contributed by atoms with Crippen molar-refractivity contribution in [3.8, 4) is 0 Å². The maximum Gasteiger partial charge on any atom is 0.268 e. The van der Waals surface area contributed by atoms with Gasteiger partial charge in [0.05, 0.1) is 0 Å². The summed E-state index contributed by atoms with van der Waals surface area (Å²) in [7, 11) is 3.46. The Morgan fingerprint density at radius 2 is 2.19 bits per heavy atom. The number of benzene rings is 1. The van der Waals surface area contributed by atoms with Crippen molar-refractivity contribution < 1.29 is 4.79 Å². The van der Waals surface area contributed by atoms with Gasteiger partial charge in [-0.2, -0.15) is 0 Å². The van der Waals surface area contributed by atoms with Gasteiger partial charge in [-0.25, -0.2) is 0 Å². The largest absolute Gasteiger partial charge is 0.354 e. The molecule has 5 nitrogen and oxygen atoms in total. The number of nitrogens with two attached hydrogens (primary N) is 1. The van der Waals surface area contributed by atoms with Crippen molar-refractivity contribution in [2.45, 2.75) is 5.50 Å². The summed E-state index contributed by atoms with van der Waals surface area (Å²) in [6.07, 6.45) is 3.59. The predicted octanol–water partition coefficient (Wildman–Crippen LogP) is 1.57. The number of likely N-dealkylation sites (N-methyl/N-ethyl adjacent to an activating group) is 2. The van der Waals surface area contributed by atoms with E-state index in [1.807, 2.05) is 31.4 Å². The van der Waals surface area contributed by atoms with Crippen LogP contribution in [0.2, 0.25) is 0 Å². The Bertz CT molecular complexity index is 743. The van der Waals surface area contributed by atoms with Crippen molar-refractivity contribution >= 4 is 33.3 Å². The van der Waals surface area contributed by atoms with Crippen LogP contribution in [-0.4, -0.2) is 35.4 Å². The van der Waals surface area contributed by atoms with Crippen LogP contribution in [0.15, 0.2) is 42.4 Å². The number of thioether (sulfide) groups is 1. The van der Waals surface area contributed by atoms with E-state index >= 15 is 0 Å². The number of pyridine rings is 1.